The molecule has 130 valence electrons. The number of nitrogens with one attached hydrogen (secondary N) is 1. The molecule has 0 saturated heterocycles. The summed E-state index contributed by atoms with van der Waals surface area (Å²) in [5.41, 5.74) is 1.61. The predicted octanol–water partition coefficient (Wildman–Crippen LogP) is 3.15. The van der Waals surface area contributed by atoms with Crippen LogP contribution in [0.2, 0.25) is 0 Å². The lowest BCUT2D eigenvalue weighted by molar-refractivity contribution is -0.143. The zero-order valence-corrected chi connectivity index (χ0v) is 14.9. The highest BCUT2D eigenvalue weighted by Gasteiger charge is 2.21. The Hall–Kier alpha value is -2.67. The van der Waals surface area contributed by atoms with Crippen molar-refractivity contribution in [1.82, 2.24) is 14.9 Å². The van der Waals surface area contributed by atoms with Crippen LogP contribution in [0.3, 0.4) is 0 Å². The van der Waals surface area contributed by atoms with E-state index in [4.69, 9.17) is 4.74 Å². The standard InChI is InChI=1S/C18H19N3O3S/c1-3-24-16(22)11-21-14-8-5-4-7-13(14)20-17(21)12(2)19-18(23)15-9-6-10-25-15/h4-10,12H,3,11H2,1-2H3,(H,19,23). The van der Waals surface area contributed by atoms with Gasteiger partial charge in [0.2, 0.25) is 0 Å². The van der Waals surface area contributed by atoms with Crippen molar-refractivity contribution in [2.24, 2.45) is 0 Å². The van der Waals surface area contributed by atoms with E-state index >= 15 is 0 Å². The first-order valence-electron chi connectivity index (χ1n) is 8.05. The Balaban J connectivity index is 1.91. The fraction of sp³-hybridized carbons (Fsp3) is 0.278. The van der Waals surface area contributed by atoms with Crippen molar-refractivity contribution >= 4 is 34.2 Å². The summed E-state index contributed by atoms with van der Waals surface area (Å²) in [4.78, 5) is 29.5. The molecule has 1 unspecified atom stereocenters. The Kier molecular flexibility index (Phi) is 5.14. The number of thiophene rings is 1. The monoisotopic (exact) mass is 357 g/mol. The van der Waals surface area contributed by atoms with E-state index in [9.17, 15) is 9.59 Å². The van der Waals surface area contributed by atoms with Gasteiger partial charge in [-0.2, -0.15) is 0 Å². The van der Waals surface area contributed by atoms with Crippen LogP contribution in [0.1, 0.15) is 35.4 Å². The van der Waals surface area contributed by atoms with Gasteiger partial charge in [0.05, 0.1) is 28.6 Å². The molecule has 0 aliphatic heterocycles. The lowest BCUT2D eigenvalue weighted by atomic mass is 10.3. The minimum atomic E-state index is -0.351. The molecule has 25 heavy (non-hydrogen) atoms. The number of imidazole rings is 1. The summed E-state index contributed by atoms with van der Waals surface area (Å²) in [6, 6.07) is 10.8. The van der Waals surface area contributed by atoms with Crippen LogP contribution >= 0.6 is 11.3 Å². The Morgan fingerprint density at radius 1 is 1.28 bits per heavy atom. The molecule has 0 fully saturated rings. The fourth-order valence-electron chi connectivity index (χ4n) is 2.67. The molecule has 1 aromatic carbocycles. The van der Waals surface area contributed by atoms with Crippen molar-refractivity contribution in [3.05, 3.63) is 52.5 Å². The molecule has 2 aromatic heterocycles. The van der Waals surface area contributed by atoms with Crippen LogP contribution in [-0.4, -0.2) is 28.0 Å². The number of carbonyl (C=O) groups excluding carboxylic acids is 2. The van der Waals surface area contributed by atoms with E-state index in [2.05, 4.69) is 10.3 Å². The summed E-state index contributed by atoms with van der Waals surface area (Å²) in [5.74, 6) is 0.139. The van der Waals surface area contributed by atoms with Crippen molar-refractivity contribution in [2.45, 2.75) is 26.4 Å². The molecule has 6 nitrogen and oxygen atoms in total. The largest absolute Gasteiger partial charge is 0.465 e. The van der Waals surface area contributed by atoms with Crippen molar-refractivity contribution in [3.8, 4) is 0 Å². The number of rotatable bonds is 6. The van der Waals surface area contributed by atoms with Crippen LogP contribution < -0.4 is 5.32 Å². The van der Waals surface area contributed by atoms with E-state index in [1.807, 2.05) is 42.6 Å². The first-order valence-corrected chi connectivity index (χ1v) is 8.93. The molecule has 0 aliphatic rings. The van der Waals surface area contributed by atoms with Crippen LogP contribution in [0.15, 0.2) is 41.8 Å². The van der Waals surface area contributed by atoms with Crippen molar-refractivity contribution in [2.75, 3.05) is 6.61 Å². The van der Waals surface area contributed by atoms with Crippen LogP contribution in [-0.2, 0) is 16.1 Å². The highest BCUT2D eigenvalue weighted by molar-refractivity contribution is 7.12. The lowest BCUT2D eigenvalue weighted by Crippen LogP contribution is -2.29. The zero-order valence-electron chi connectivity index (χ0n) is 14.1. The normalized spacial score (nSPS) is 12.1. The van der Waals surface area contributed by atoms with Gasteiger partial charge in [-0.05, 0) is 37.4 Å². The molecule has 1 N–H and O–H groups in total. The van der Waals surface area contributed by atoms with E-state index in [1.54, 1.807) is 17.6 Å². The summed E-state index contributed by atoms with van der Waals surface area (Å²) >= 11 is 1.38. The molecule has 0 radical (unpaired) electrons. The third-order valence-corrected chi connectivity index (χ3v) is 4.63. The number of esters is 1. The summed E-state index contributed by atoms with van der Waals surface area (Å²) in [6.07, 6.45) is 0. The fourth-order valence-corrected chi connectivity index (χ4v) is 3.29. The molecule has 0 spiro atoms. The zero-order chi connectivity index (χ0) is 17.8. The topological polar surface area (TPSA) is 73.2 Å². The van der Waals surface area contributed by atoms with Crippen LogP contribution in [0.4, 0.5) is 0 Å². The minimum Gasteiger partial charge on any atom is -0.465 e. The number of hydrogen-bond donors (Lipinski definition) is 1. The van der Waals surface area contributed by atoms with Crippen LogP contribution in [0.5, 0.6) is 0 Å². The second-order valence-corrected chi connectivity index (χ2v) is 6.47. The van der Waals surface area contributed by atoms with E-state index in [0.29, 0.717) is 17.3 Å². The maximum atomic E-state index is 12.3. The number of ether oxygens (including phenoxy) is 1. The van der Waals surface area contributed by atoms with Gasteiger partial charge in [0.15, 0.2) is 0 Å². The second-order valence-electron chi connectivity index (χ2n) is 5.52. The molecule has 2 heterocycles. The molecule has 1 atom stereocenters. The predicted molar refractivity (Wildman–Crippen MR) is 96.6 cm³/mol. The van der Waals surface area contributed by atoms with Crippen LogP contribution in [0.25, 0.3) is 11.0 Å². The van der Waals surface area contributed by atoms with Gasteiger partial charge in [-0.15, -0.1) is 11.3 Å². The summed E-state index contributed by atoms with van der Waals surface area (Å²) in [6.45, 7) is 4.01. The Labute approximate surface area is 149 Å². The molecule has 0 aliphatic carbocycles. The quantitative estimate of drug-likeness (QED) is 0.688. The highest BCUT2D eigenvalue weighted by atomic mass is 32.1. The van der Waals surface area contributed by atoms with Gasteiger partial charge in [-0.1, -0.05) is 18.2 Å². The average molecular weight is 357 g/mol. The Morgan fingerprint density at radius 3 is 2.80 bits per heavy atom. The third-order valence-electron chi connectivity index (χ3n) is 3.76. The van der Waals surface area contributed by atoms with E-state index in [1.165, 1.54) is 11.3 Å². The molecule has 3 rings (SSSR count). The van der Waals surface area contributed by atoms with E-state index in [0.717, 1.165) is 11.0 Å². The van der Waals surface area contributed by atoms with Gasteiger partial charge in [-0.3, -0.25) is 9.59 Å². The molecule has 7 heteroatoms. The summed E-state index contributed by atoms with van der Waals surface area (Å²) < 4.78 is 6.86. The highest BCUT2D eigenvalue weighted by Crippen LogP contribution is 2.21. The van der Waals surface area contributed by atoms with E-state index in [-0.39, 0.29) is 24.5 Å². The molecule has 3 aromatic rings. The number of aromatic nitrogens is 2. The lowest BCUT2D eigenvalue weighted by Gasteiger charge is -2.15. The van der Waals surface area contributed by atoms with Crippen molar-refractivity contribution in [3.63, 3.8) is 0 Å². The molecule has 0 saturated carbocycles. The second kappa shape index (κ2) is 7.48. The number of amides is 1. The van der Waals surface area contributed by atoms with Crippen molar-refractivity contribution in [1.29, 1.82) is 0 Å². The first kappa shape index (κ1) is 17.2. The smallest absolute Gasteiger partial charge is 0.326 e. The SMILES string of the molecule is CCOC(=O)Cn1c(C(C)NC(=O)c2cccs2)nc2ccccc21. The minimum absolute atomic E-state index is 0.0584. The van der Waals surface area contributed by atoms with Gasteiger partial charge >= 0.3 is 5.97 Å². The molecular weight excluding hydrogens is 338 g/mol. The average Bonchev–Trinajstić information content (AvgIpc) is 3.23. The van der Waals surface area contributed by atoms with E-state index < -0.39 is 0 Å². The Bertz CT molecular complexity index is 886. The Morgan fingerprint density at radius 2 is 2.08 bits per heavy atom. The maximum Gasteiger partial charge on any atom is 0.326 e. The maximum absolute atomic E-state index is 12.3. The summed E-state index contributed by atoms with van der Waals surface area (Å²) in [7, 11) is 0. The number of nitrogens with zero attached hydrogens (tertiary/aromatic N) is 2. The van der Waals surface area contributed by atoms with Gasteiger partial charge in [-0.25, -0.2) is 4.98 Å². The van der Waals surface area contributed by atoms with Gasteiger partial charge in [0.25, 0.3) is 5.91 Å². The molecule has 0 bridgehead atoms. The third kappa shape index (κ3) is 3.71. The number of fused-ring (bicyclic) bond motifs is 1. The van der Waals surface area contributed by atoms with Crippen LogP contribution in [0, 0.1) is 0 Å². The van der Waals surface area contributed by atoms with Gasteiger partial charge in [0, 0.05) is 0 Å². The number of hydrogen-bond acceptors (Lipinski definition) is 5. The van der Waals surface area contributed by atoms with Crippen molar-refractivity contribution < 1.29 is 14.3 Å². The summed E-state index contributed by atoms with van der Waals surface area (Å²) in [5, 5.41) is 4.80. The van der Waals surface area contributed by atoms with Gasteiger partial charge in [0.1, 0.15) is 12.4 Å². The first-order chi connectivity index (χ1) is 12.1. The molecule has 1 amide bonds. The van der Waals surface area contributed by atoms with Gasteiger partial charge < -0.3 is 14.6 Å². The number of para-hydroxylation sites is 2. The molecular formula is C18H19N3O3S. The number of benzene rings is 1. The number of carbonyl (C=O) groups is 2.